The predicted octanol–water partition coefficient (Wildman–Crippen LogP) is 3.83. The van der Waals surface area contributed by atoms with Crippen molar-refractivity contribution in [3.05, 3.63) is 87.8 Å². The third-order valence-corrected chi connectivity index (χ3v) is 5.97. The number of aromatic amines is 1. The summed E-state index contributed by atoms with van der Waals surface area (Å²) in [6.07, 6.45) is -4.25. The van der Waals surface area contributed by atoms with Crippen LogP contribution in [-0.4, -0.2) is 35.1 Å². The maximum atomic E-state index is 13.2. The molecule has 188 valence electrons. The SMILES string of the molecule is O=C(C[C@@]1(C(=O)NCc2ccc(Nc3ccccc3C(F)(F)F)cc2)CCOC1)c1ccc(=O)[nH]n1. The molecule has 36 heavy (non-hydrogen) atoms. The highest BCUT2D eigenvalue weighted by Gasteiger charge is 2.44. The molecule has 1 atom stereocenters. The molecule has 1 amide bonds. The monoisotopic (exact) mass is 500 g/mol. The lowest BCUT2D eigenvalue weighted by atomic mass is 9.80. The van der Waals surface area contributed by atoms with Crippen LogP contribution in [0, 0.1) is 5.41 Å². The van der Waals surface area contributed by atoms with E-state index in [-0.39, 0.29) is 42.6 Å². The molecular weight excluding hydrogens is 477 g/mol. The fourth-order valence-electron chi connectivity index (χ4n) is 3.97. The molecular formula is C25H23F3N4O4. The van der Waals surface area contributed by atoms with Crippen molar-refractivity contribution in [2.24, 2.45) is 5.41 Å². The number of anilines is 2. The fourth-order valence-corrected chi connectivity index (χ4v) is 3.97. The van der Waals surface area contributed by atoms with Gasteiger partial charge in [0.1, 0.15) is 5.69 Å². The molecule has 0 spiro atoms. The highest BCUT2D eigenvalue weighted by atomic mass is 19.4. The number of ether oxygens (including phenoxy) is 1. The van der Waals surface area contributed by atoms with E-state index >= 15 is 0 Å². The minimum atomic E-state index is -4.48. The van der Waals surface area contributed by atoms with Crippen LogP contribution in [0.4, 0.5) is 24.5 Å². The third-order valence-electron chi connectivity index (χ3n) is 5.97. The van der Waals surface area contributed by atoms with Gasteiger partial charge in [-0.2, -0.15) is 18.3 Å². The molecule has 2 aromatic carbocycles. The zero-order chi connectivity index (χ0) is 25.8. The maximum Gasteiger partial charge on any atom is 0.418 e. The number of alkyl halides is 3. The van der Waals surface area contributed by atoms with Gasteiger partial charge in [0.2, 0.25) is 5.91 Å². The fraction of sp³-hybridized carbons (Fsp3) is 0.280. The standard InChI is InChI=1S/C25H23F3N4O4/c26-25(27,28)18-3-1-2-4-19(18)30-17-7-5-16(6-8-17)14-29-23(35)24(11-12-36-15-24)13-21(33)20-9-10-22(34)32-31-20/h1-10,30H,11-15H2,(H,29,35)(H,32,34)/t24-/m0/s1. The Kier molecular flexibility index (Phi) is 7.20. The highest BCUT2D eigenvalue weighted by molar-refractivity contribution is 5.98. The molecule has 1 aromatic heterocycles. The van der Waals surface area contributed by atoms with Crippen LogP contribution in [0.3, 0.4) is 0 Å². The van der Waals surface area contributed by atoms with E-state index < -0.39 is 22.7 Å². The number of hydrogen-bond donors (Lipinski definition) is 3. The molecule has 1 saturated heterocycles. The van der Waals surface area contributed by atoms with Gasteiger partial charge in [-0.1, -0.05) is 24.3 Å². The number of amides is 1. The first-order chi connectivity index (χ1) is 17.2. The van der Waals surface area contributed by atoms with Crippen molar-refractivity contribution < 1.29 is 27.5 Å². The van der Waals surface area contributed by atoms with E-state index in [0.29, 0.717) is 18.7 Å². The molecule has 8 nitrogen and oxygen atoms in total. The van der Waals surface area contributed by atoms with Gasteiger partial charge in [-0.15, -0.1) is 0 Å². The Morgan fingerprint density at radius 2 is 1.81 bits per heavy atom. The van der Waals surface area contributed by atoms with E-state index in [9.17, 15) is 27.6 Å². The summed E-state index contributed by atoms with van der Waals surface area (Å²) < 4.78 is 45.1. The largest absolute Gasteiger partial charge is 0.418 e. The summed E-state index contributed by atoms with van der Waals surface area (Å²) in [5.74, 6) is -0.736. The number of Topliss-reactive ketones (excluding diaryl/α,β-unsaturated/α-hetero) is 1. The van der Waals surface area contributed by atoms with Crippen molar-refractivity contribution in [3.8, 4) is 0 Å². The Morgan fingerprint density at radius 3 is 2.44 bits per heavy atom. The van der Waals surface area contributed by atoms with Crippen molar-refractivity contribution >= 4 is 23.1 Å². The summed E-state index contributed by atoms with van der Waals surface area (Å²) in [5, 5.41) is 11.5. The number of halogens is 3. The average Bonchev–Trinajstić information content (AvgIpc) is 3.33. The van der Waals surface area contributed by atoms with Gasteiger partial charge >= 0.3 is 6.18 Å². The van der Waals surface area contributed by atoms with Crippen LogP contribution in [-0.2, 0) is 22.3 Å². The number of para-hydroxylation sites is 1. The zero-order valence-corrected chi connectivity index (χ0v) is 19.0. The number of carbonyl (C=O) groups is 2. The van der Waals surface area contributed by atoms with Crippen molar-refractivity contribution in [2.45, 2.75) is 25.6 Å². The zero-order valence-electron chi connectivity index (χ0n) is 19.0. The van der Waals surface area contributed by atoms with E-state index in [1.807, 2.05) is 0 Å². The topological polar surface area (TPSA) is 113 Å². The number of nitrogens with one attached hydrogen (secondary N) is 3. The van der Waals surface area contributed by atoms with Crippen molar-refractivity contribution in [3.63, 3.8) is 0 Å². The van der Waals surface area contributed by atoms with Crippen LogP contribution in [0.5, 0.6) is 0 Å². The molecule has 3 aromatic rings. The number of H-pyrrole nitrogens is 1. The van der Waals surface area contributed by atoms with Gasteiger partial charge < -0.3 is 15.4 Å². The number of hydrogen-bond acceptors (Lipinski definition) is 6. The molecule has 0 aliphatic carbocycles. The van der Waals surface area contributed by atoms with Crippen LogP contribution >= 0.6 is 0 Å². The molecule has 4 rings (SSSR count). The van der Waals surface area contributed by atoms with Crippen LogP contribution in [0.25, 0.3) is 0 Å². The minimum Gasteiger partial charge on any atom is -0.380 e. The van der Waals surface area contributed by atoms with E-state index in [1.54, 1.807) is 24.3 Å². The number of rotatable bonds is 8. The van der Waals surface area contributed by atoms with Crippen molar-refractivity contribution in [1.82, 2.24) is 15.5 Å². The smallest absolute Gasteiger partial charge is 0.380 e. The van der Waals surface area contributed by atoms with Gasteiger partial charge in [0.25, 0.3) is 5.56 Å². The molecule has 2 heterocycles. The second-order valence-electron chi connectivity index (χ2n) is 8.54. The predicted molar refractivity (Wildman–Crippen MR) is 125 cm³/mol. The van der Waals surface area contributed by atoms with Crippen molar-refractivity contribution in [1.29, 1.82) is 0 Å². The first-order valence-electron chi connectivity index (χ1n) is 11.1. The Hall–Kier alpha value is -3.99. The van der Waals surface area contributed by atoms with Gasteiger partial charge in [0, 0.05) is 31.3 Å². The lowest BCUT2D eigenvalue weighted by Gasteiger charge is -2.25. The minimum absolute atomic E-state index is 0.0591. The molecule has 11 heteroatoms. The van der Waals surface area contributed by atoms with E-state index in [4.69, 9.17) is 4.74 Å². The number of ketones is 1. The summed E-state index contributed by atoms with van der Waals surface area (Å²) in [4.78, 5) is 36.9. The number of benzene rings is 2. The lowest BCUT2D eigenvalue weighted by molar-refractivity contribution is -0.137. The summed E-state index contributed by atoms with van der Waals surface area (Å²) in [7, 11) is 0. The van der Waals surface area contributed by atoms with Gasteiger partial charge in [-0.25, -0.2) is 5.10 Å². The lowest BCUT2D eigenvalue weighted by Crippen LogP contribution is -2.42. The van der Waals surface area contributed by atoms with Gasteiger partial charge in [0.05, 0.1) is 23.3 Å². The number of aromatic nitrogens is 2. The Labute approximate surface area is 203 Å². The summed E-state index contributed by atoms with van der Waals surface area (Å²) in [6.45, 7) is 0.569. The normalized spacial score (nSPS) is 17.5. The summed E-state index contributed by atoms with van der Waals surface area (Å²) >= 11 is 0. The Bertz CT molecular complexity index is 1280. The molecule has 0 radical (unpaired) electrons. The van der Waals surface area contributed by atoms with Gasteiger partial charge in [0.15, 0.2) is 5.78 Å². The molecule has 3 N–H and O–H groups in total. The highest BCUT2D eigenvalue weighted by Crippen LogP contribution is 2.36. The van der Waals surface area contributed by atoms with E-state index in [1.165, 1.54) is 30.3 Å². The van der Waals surface area contributed by atoms with E-state index in [2.05, 4.69) is 20.8 Å². The summed E-state index contributed by atoms with van der Waals surface area (Å²) in [6, 6.07) is 14.3. The summed E-state index contributed by atoms with van der Waals surface area (Å²) in [5.41, 5.74) is -1.08. The molecule has 0 saturated carbocycles. The van der Waals surface area contributed by atoms with E-state index in [0.717, 1.165) is 11.6 Å². The first-order valence-corrected chi connectivity index (χ1v) is 11.1. The Balaban J connectivity index is 1.39. The van der Waals surface area contributed by atoms with Gasteiger partial charge in [-0.05, 0) is 42.3 Å². The second-order valence-corrected chi connectivity index (χ2v) is 8.54. The molecule has 1 fully saturated rings. The number of carbonyl (C=O) groups excluding carboxylic acids is 2. The van der Waals surface area contributed by atoms with Gasteiger partial charge in [-0.3, -0.25) is 14.4 Å². The average molecular weight is 500 g/mol. The molecule has 0 unspecified atom stereocenters. The Morgan fingerprint density at radius 1 is 1.06 bits per heavy atom. The number of nitrogens with zero attached hydrogens (tertiary/aromatic N) is 1. The third kappa shape index (κ3) is 5.80. The van der Waals surface area contributed by atoms with Crippen LogP contribution in [0.1, 0.15) is 34.5 Å². The second kappa shape index (κ2) is 10.3. The molecule has 1 aliphatic heterocycles. The maximum absolute atomic E-state index is 13.2. The quantitative estimate of drug-likeness (QED) is 0.405. The molecule has 1 aliphatic rings. The van der Waals surface area contributed by atoms with Crippen LogP contribution in [0.2, 0.25) is 0 Å². The first kappa shape index (κ1) is 25.1. The van der Waals surface area contributed by atoms with Crippen LogP contribution < -0.4 is 16.2 Å². The molecule has 0 bridgehead atoms. The van der Waals surface area contributed by atoms with Crippen molar-refractivity contribution in [2.75, 3.05) is 18.5 Å². The van der Waals surface area contributed by atoms with Crippen LogP contribution in [0.15, 0.2) is 65.5 Å².